The summed E-state index contributed by atoms with van der Waals surface area (Å²) in [7, 11) is 0. The zero-order chi connectivity index (χ0) is 19.8. The van der Waals surface area contributed by atoms with Crippen LogP contribution in [0.4, 0.5) is 5.13 Å². The number of anilines is 1. The number of carbonyl (C=O) groups is 1. The Labute approximate surface area is 171 Å². The number of hydrogen-bond acceptors (Lipinski definition) is 7. The van der Waals surface area contributed by atoms with E-state index in [2.05, 4.69) is 28.5 Å². The number of nitrogens with one attached hydrogen (secondary N) is 1. The number of thioether (sulfide) groups is 1. The van der Waals surface area contributed by atoms with Crippen LogP contribution in [0, 0.1) is 11.3 Å². The number of aromatic nitrogens is 2. The Balaban J connectivity index is 1.45. The minimum Gasteiger partial charge on any atom is -0.484 e. The van der Waals surface area contributed by atoms with Gasteiger partial charge in [-0.2, -0.15) is 5.26 Å². The monoisotopic (exact) mass is 410 g/mol. The van der Waals surface area contributed by atoms with Gasteiger partial charge in [-0.15, -0.1) is 10.2 Å². The van der Waals surface area contributed by atoms with E-state index < -0.39 is 0 Å². The van der Waals surface area contributed by atoms with Crippen molar-refractivity contribution in [2.24, 2.45) is 0 Å². The summed E-state index contributed by atoms with van der Waals surface area (Å²) >= 11 is 2.84. The van der Waals surface area contributed by atoms with Crippen LogP contribution in [-0.2, 0) is 17.0 Å². The Morgan fingerprint density at radius 1 is 1.14 bits per heavy atom. The molecule has 0 saturated heterocycles. The predicted molar refractivity (Wildman–Crippen MR) is 111 cm³/mol. The summed E-state index contributed by atoms with van der Waals surface area (Å²) in [5.41, 5.74) is 2.95. The van der Waals surface area contributed by atoms with Gasteiger partial charge in [-0.1, -0.05) is 54.3 Å². The molecule has 0 unspecified atom stereocenters. The van der Waals surface area contributed by atoms with E-state index in [-0.39, 0.29) is 12.5 Å². The fourth-order valence-electron chi connectivity index (χ4n) is 2.26. The lowest BCUT2D eigenvalue weighted by atomic mass is 10.2. The van der Waals surface area contributed by atoms with Crippen LogP contribution in [-0.4, -0.2) is 22.7 Å². The van der Waals surface area contributed by atoms with E-state index in [4.69, 9.17) is 10.00 Å². The highest BCUT2D eigenvalue weighted by Gasteiger charge is 2.10. The standard InChI is InChI=1S/C20H18N4O2S2/c1-2-14-7-9-17(10-8-14)26-12-18(25)22-19-23-24-20(28-19)27-13-16-5-3-15(11-21)4-6-16/h3-10H,2,12-13H2,1H3,(H,22,23,25). The van der Waals surface area contributed by atoms with E-state index >= 15 is 0 Å². The largest absolute Gasteiger partial charge is 0.484 e. The van der Waals surface area contributed by atoms with Crippen LogP contribution in [0.1, 0.15) is 23.6 Å². The summed E-state index contributed by atoms with van der Waals surface area (Å²) in [6, 6.07) is 17.2. The van der Waals surface area contributed by atoms with Crippen LogP contribution in [0.15, 0.2) is 52.9 Å². The molecule has 2 aromatic carbocycles. The first-order valence-electron chi connectivity index (χ1n) is 8.63. The maximum Gasteiger partial charge on any atom is 0.264 e. The molecular weight excluding hydrogens is 392 g/mol. The topological polar surface area (TPSA) is 87.9 Å². The molecule has 1 heterocycles. The number of rotatable bonds is 8. The van der Waals surface area contributed by atoms with Gasteiger partial charge in [-0.25, -0.2) is 0 Å². The molecule has 6 nitrogen and oxygen atoms in total. The van der Waals surface area contributed by atoms with Gasteiger partial charge in [0.15, 0.2) is 10.9 Å². The Kier molecular flexibility index (Phi) is 7.00. The molecule has 0 aliphatic rings. The highest BCUT2D eigenvalue weighted by atomic mass is 32.2. The normalized spacial score (nSPS) is 10.3. The number of aryl methyl sites for hydroxylation is 1. The van der Waals surface area contributed by atoms with E-state index in [1.54, 1.807) is 12.1 Å². The molecule has 0 aliphatic heterocycles. The van der Waals surface area contributed by atoms with Crippen LogP contribution in [0.3, 0.4) is 0 Å². The van der Waals surface area contributed by atoms with E-state index in [0.29, 0.717) is 22.2 Å². The van der Waals surface area contributed by atoms with Gasteiger partial charge in [0, 0.05) is 5.75 Å². The van der Waals surface area contributed by atoms with Crippen molar-refractivity contribution >= 4 is 34.1 Å². The lowest BCUT2D eigenvalue weighted by Crippen LogP contribution is -2.20. The van der Waals surface area contributed by atoms with Gasteiger partial charge < -0.3 is 4.74 Å². The minimum atomic E-state index is -0.278. The average molecular weight is 411 g/mol. The highest BCUT2D eigenvalue weighted by Crippen LogP contribution is 2.28. The van der Waals surface area contributed by atoms with Crippen LogP contribution in [0.2, 0.25) is 0 Å². The molecule has 0 atom stereocenters. The second-order valence-corrected chi connectivity index (χ2v) is 8.00. The zero-order valence-electron chi connectivity index (χ0n) is 15.2. The van der Waals surface area contributed by atoms with Gasteiger partial charge in [0.1, 0.15) is 5.75 Å². The molecule has 1 amide bonds. The molecule has 3 rings (SSSR count). The summed E-state index contributed by atoms with van der Waals surface area (Å²) in [6.07, 6.45) is 0.962. The first kappa shape index (κ1) is 19.9. The molecule has 28 heavy (non-hydrogen) atoms. The molecule has 0 bridgehead atoms. The van der Waals surface area contributed by atoms with Gasteiger partial charge in [-0.3, -0.25) is 10.1 Å². The van der Waals surface area contributed by atoms with Gasteiger partial charge >= 0.3 is 0 Å². The van der Waals surface area contributed by atoms with Crippen LogP contribution in [0.25, 0.3) is 0 Å². The van der Waals surface area contributed by atoms with Crippen molar-refractivity contribution in [2.45, 2.75) is 23.4 Å². The molecule has 1 aromatic heterocycles. The molecule has 0 aliphatic carbocycles. The van der Waals surface area contributed by atoms with Crippen molar-refractivity contribution in [3.8, 4) is 11.8 Å². The predicted octanol–water partition coefficient (Wildman–Crippen LogP) is 4.28. The van der Waals surface area contributed by atoms with E-state index in [9.17, 15) is 4.79 Å². The number of hydrogen-bond donors (Lipinski definition) is 1. The quantitative estimate of drug-likeness (QED) is 0.440. The molecule has 0 radical (unpaired) electrons. The maximum atomic E-state index is 12.0. The number of benzene rings is 2. The van der Waals surface area contributed by atoms with Crippen LogP contribution >= 0.6 is 23.1 Å². The third-order valence-electron chi connectivity index (χ3n) is 3.80. The summed E-state index contributed by atoms with van der Waals surface area (Å²) in [5.74, 6) is 1.09. The van der Waals surface area contributed by atoms with Crippen LogP contribution in [0.5, 0.6) is 5.75 Å². The van der Waals surface area contributed by atoms with Crippen molar-refractivity contribution in [1.82, 2.24) is 10.2 Å². The number of nitrogens with zero attached hydrogens (tertiary/aromatic N) is 3. The van der Waals surface area contributed by atoms with E-state index in [1.807, 2.05) is 36.4 Å². The van der Waals surface area contributed by atoms with Crippen LogP contribution < -0.4 is 10.1 Å². The SMILES string of the molecule is CCc1ccc(OCC(=O)Nc2nnc(SCc3ccc(C#N)cc3)s2)cc1. The highest BCUT2D eigenvalue weighted by molar-refractivity contribution is 8.00. The second kappa shape index (κ2) is 9.88. The lowest BCUT2D eigenvalue weighted by molar-refractivity contribution is -0.118. The third kappa shape index (κ3) is 5.81. The minimum absolute atomic E-state index is 0.0846. The van der Waals surface area contributed by atoms with Crippen molar-refractivity contribution in [3.63, 3.8) is 0 Å². The molecule has 0 fully saturated rings. The van der Waals surface area contributed by atoms with Crippen molar-refractivity contribution in [3.05, 3.63) is 65.2 Å². The van der Waals surface area contributed by atoms with Gasteiger partial charge in [0.2, 0.25) is 5.13 Å². The Hall–Kier alpha value is -2.89. The number of nitriles is 1. The fourth-order valence-corrected chi connectivity index (χ4v) is 3.99. The molecule has 8 heteroatoms. The van der Waals surface area contributed by atoms with Gasteiger partial charge in [0.25, 0.3) is 5.91 Å². The third-order valence-corrected chi connectivity index (χ3v) is 5.84. The molecule has 3 aromatic rings. The second-order valence-electron chi connectivity index (χ2n) is 5.80. The molecule has 0 saturated carbocycles. The lowest BCUT2D eigenvalue weighted by Gasteiger charge is -2.06. The summed E-state index contributed by atoms with van der Waals surface area (Å²) < 4.78 is 6.25. The number of carbonyl (C=O) groups excluding carboxylic acids is 1. The summed E-state index contributed by atoms with van der Waals surface area (Å²) in [5, 5.41) is 20.0. The Bertz CT molecular complexity index is 963. The summed E-state index contributed by atoms with van der Waals surface area (Å²) in [4.78, 5) is 12.0. The summed E-state index contributed by atoms with van der Waals surface area (Å²) in [6.45, 7) is 2.00. The number of ether oxygens (including phenoxy) is 1. The Morgan fingerprint density at radius 3 is 2.54 bits per heavy atom. The van der Waals surface area contributed by atoms with Crippen molar-refractivity contribution in [2.75, 3.05) is 11.9 Å². The molecule has 0 spiro atoms. The first-order valence-corrected chi connectivity index (χ1v) is 10.4. The molecular formula is C20H18N4O2S2. The van der Waals surface area contributed by atoms with Crippen molar-refractivity contribution < 1.29 is 9.53 Å². The first-order chi connectivity index (χ1) is 13.7. The zero-order valence-corrected chi connectivity index (χ0v) is 16.8. The van der Waals surface area contributed by atoms with E-state index in [0.717, 1.165) is 16.3 Å². The molecule has 1 N–H and O–H groups in total. The molecule has 142 valence electrons. The van der Waals surface area contributed by atoms with Gasteiger partial charge in [0.05, 0.1) is 11.6 Å². The average Bonchev–Trinajstić information content (AvgIpc) is 3.18. The van der Waals surface area contributed by atoms with Gasteiger partial charge in [-0.05, 0) is 41.8 Å². The number of amides is 1. The fraction of sp³-hybridized carbons (Fsp3) is 0.200. The van der Waals surface area contributed by atoms with E-state index in [1.165, 1.54) is 28.7 Å². The smallest absolute Gasteiger partial charge is 0.264 e. The Morgan fingerprint density at radius 2 is 1.86 bits per heavy atom. The van der Waals surface area contributed by atoms with Crippen molar-refractivity contribution in [1.29, 1.82) is 5.26 Å². The maximum absolute atomic E-state index is 12.0.